The highest BCUT2D eigenvalue weighted by molar-refractivity contribution is 6.29. The number of benzene rings is 1. The van der Waals surface area contributed by atoms with E-state index in [2.05, 4.69) is 5.10 Å². The lowest BCUT2D eigenvalue weighted by Gasteiger charge is -2.11. The van der Waals surface area contributed by atoms with Crippen LogP contribution in [0, 0.1) is 0 Å². The van der Waals surface area contributed by atoms with Crippen LogP contribution in [0.3, 0.4) is 0 Å². The van der Waals surface area contributed by atoms with Crippen LogP contribution < -0.4 is 5.56 Å². The zero-order valence-corrected chi connectivity index (χ0v) is 11.4. The molecule has 6 nitrogen and oxygen atoms in total. The van der Waals surface area contributed by atoms with E-state index in [0.29, 0.717) is 5.52 Å². The van der Waals surface area contributed by atoms with E-state index in [9.17, 15) is 9.90 Å². The fourth-order valence-corrected chi connectivity index (χ4v) is 2.45. The van der Waals surface area contributed by atoms with Crippen molar-refractivity contribution in [2.45, 2.75) is 12.8 Å². The Morgan fingerprint density at radius 3 is 2.90 bits per heavy atom. The third-order valence-electron chi connectivity index (χ3n) is 3.15. The van der Waals surface area contributed by atoms with Crippen molar-refractivity contribution in [3.8, 4) is 0 Å². The van der Waals surface area contributed by atoms with Crippen LogP contribution in [0.2, 0.25) is 5.28 Å². The molecule has 1 atom stereocenters. The summed E-state index contributed by atoms with van der Waals surface area (Å²) in [4.78, 5) is 12.4. The van der Waals surface area contributed by atoms with Gasteiger partial charge in [-0.3, -0.25) is 9.20 Å². The van der Waals surface area contributed by atoms with Crippen LogP contribution in [-0.2, 0) is 11.3 Å². The first-order valence-corrected chi connectivity index (χ1v) is 6.37. The first kappa shape index (κ1) is 13.1. The van der Waals surface area contributed by atoms with E-state index in [1.807, 2.05) is 24.3 Å². The van der Waals surface area contributed by atoms with Gasteiger partial charge in [-0.15, -0.1) is 5.10 Å². The summed E-state index contributed by atoms with van der Waals surface area (Å²) in [6.45, 7) is -0.0763. The Kier molecular flexibility index (Phi) is 3.21. The maximum absolute atomic E-state index is 12.4. The largest absolute Gasteiger partial charge is 0.366 e. The Balaban J connectivity index is 2.30. The molecule has 0 spiro atoms. The minimum atomic E-state index is -1.11. The predicted octanol–water partition coefficient (Wildman–Crippen LogP) is 1.27. The average Bonchev–Trinajstić information content (AvgIpc) is 2.84. The van der Waals surface area contributed by atoms with E-state index in [4.69, 9.17) is 16.3 Å². The number of hydrogen-bond acceptors (Lipinski definition) is 4. The topological polar surface area (TPSA) is 68.8 Å². The summed E-state index contributed by atoms with van der Waals surface area (Å²) in [6.07, 6.45) is -1.11. The number of aliphatic hydroxyl groups excluding tert-OH is 1. The maximum atomic E-state index is 12.4. The molecule has 0 fully saturated rings. The summed E-state index contributed by atoms with van der Waals surface area (Å²) in [5.74, 6) is 0. The second-order valence-electron chi connectivity index (χ2n) is 4.37. The van der Waals surface area contributed by atoms with Crippen LogP contribution in [0.1, 0.15) is 0 Å². The minimum absolute atomic E-state index is 0.0763. The molecule has 104 valence electrons. The number of para-hydroxylation sites is 1. The quantitative estimate of drug-likeness (QED) is 0.738. The fraction of sp³-hybridized carbons (Fsp3) is 0.231. The number of rotatable bonds is 3. The molecule has 0 saturated carbocycles. The van der Waals surface area contributed by atoms with Gasteiger partial charge in [-0.05, 0) is 23.7 Å². The highest BCUT2D eigenvalue weighted by atomic mass is 35.5. The normalized spacial score (nSPS) is 13.2. The number of nitrogens with zero attached hydrogens (tertiary/aromatic N) is 3. The molecule has 1 aromatic carbocycles. The Morgan fingerprint density at radius 2 is 2.15 bits per heavy atom. The summed E-state index contributed by atoms with van der Waals surface area (Å²) in [6, 6.07) is 9.26. The van der Waals surface area contributed by atoms with Gasteiger partial charge >= 0.3 is 0 Å². The summed E-state index contributed by atoms with van der Waals surface area (Å²) >= 11 is 6.15. The molecule has 0 aliphatic heterocycles. The molecule has 2 aromatic heterocycles. The molecular formula is C13H12ClN3O3. The van der Waals surface area contributed by atoms with Gasteiger partial charge in [0.2, 0.25) is 5.28 Å². The lowest BCUT2D eigenvalue weighted by atomic mass is 10.2. The second-order valence-corrected chi connectivity index (χ2v) is 4.71. The predicted molar refractivity (Wildman–Crippen MR) is 75.0 cm³/mol. The lowest BCUT2D eigenvalue weighted by Crippen LogP contribution is -2.31. The van der Waals surface area contributed by atoms with Gasteiger partial charge in [-0.1, -0.05) is 18.2 Å². The van der Waals surface area contributed by atoms with E-state index in [1.165, 1.54) is 7.11 Å². The SMILES string of the molecule is COC(O)Cn1nc(Cl)n2c(cc3ccccc32)c1=O. The van der Waals surface area contributed by atoms with E-state index in [-0.39, 0.29) is 17.4 Å². The van der Waals surface area contributed by atoms with Gasteiger partial charge in [-0.25, -0.2) is 4.68 Å². The average molecular weight is 294 g/mol. The van der Waals surface area contributed by atoms with Crippen molar-refractivity contribution >= 4 is 28.0 Å². The van der Waals surface area contributed by atoms with Crippen LogP contribution >= 0.6 is 11.6 Å². The molecule has 1 unspecified atom stereocenters. The number of halogens is 1. The second kappa shape index (κ2) is 4.90. The van der Waals surface area contributed by atoms with Crippen molar-refractivity contribution < 1.29 is 9.84 Å². The zero-order chi connectivity index (χ0) is 14.3. The highest BCUT2D eigenvalue weighted by Crippen LogP contribution is 2.20. The molecule has 3 aromatic rings. The van der Waals surface area contributed by atoms with Gasteiger partial charge in [0, 0.05) is 12.5 Å². The molecular weight excluding hydrogens is 282 g/mol. The van der Waals surface area contributed by atoms with Gasteiger partial charge in [0.25, 0.3) is 5.56 Å². The number of aromatic nitrogens is 3. The number of hydrogen-bond donors (Lipinski definition) is 1. The summed E-state index contributed by atoms with van der Waals surface area (Å²) < 4.78 is 7.42. The number of methoxy groups -OCH3 is 1. The molecule has 2 heterocycles. The number of fused-ring (bicyclic) bond motifs is 3. The standard InChI is InChI=1S/C13H12ClN3O3/c1-20-11(18)7-16-12(19)10-6-8-4-2-3-5-9(8)17(10)13(14)15-16/h2-6,11,18H,7H2,1H3. The molecule has 1 N–H and O–H groups in total. The smallest absolute Gasteiger partial charge is 0.291 e. The van der Waals surface area contributed by atoms with Crippen LogP contribution in [0.5, 0.6) is 0 Å². The van der Waals surface area contributed by atoms with Gasteiger partial charge in [0.1, 0.15) is 5.52 Å². The van der Waals surface area contributed by atoms with E-state index >= 15 is 0 Å². The lowest BCUT2D eigenvalue weighted by molar-refractivity contribution is -0.0860. The first-order valence-electron chi connectivity index (χ1n) is 5.99. The molecule has 0 aliphatic carbocycles. The van der Waals surface area contributed by atoms with Crippen molar-refractivity contribution in [3.05, 3.63) is 46.0 Å². The summed E-state index contributed by atoms with van der Waals surface area (Å²) in [5, 5.41) is 14.5. The minimum Gasteiger partial charge on any atom is -0.366 e. The first-order chi connectivity index (χ1) is 9.61. The van der Waals surface area contributed by atoms with Crippen molar-refractivity contribution in [2.75, 3.05) is 7.11 Å². The van der Waals surface area contributed by atoms with Gasteiger partial charge < -0.3 is 9.84 Å². The zero-order valence-electron chi connectivity index (χ0n) is 10.7. The van der Waals surface area contributed by atoms with Crippen LogP contribution in [0.15, 0.2) is 35.1 Å². The Labute approximate surface area is 118 Å². The third kappa shape index (κ3) is 1.98. The van der Waals surface area contributed by atoms with Gasteiger partial charge in [0.05, 0.1) is 12.1 Å². The molecule has 0 amide bonds. The Bertz CT molecular complexity index is 840. The molecule has 0 saturated heterocycles. The Hall–Kier alpha value is -1.89. The molecule has 0 aliphatic rings. The van der Waals surface area contributed by atoms with Gasteiger partial charge in [-0.2, -0.15) is 0 Å². The van der Waals surface area contributed by atoms with E-state index < -0.39 is 6.29 Å². The highest BCUT2D eigenvalue weighted by Gasteiger charge is 2.14. The maximum Gasteiger partial charge on any atom is 0.291 e. The molecule has 20 heavy (non-hydrogen) atoms. The summed E-state index contributed by atoms with van der Waals surface area (Å²) in [5.41, 5.74) is 0.896. The van der Waals surface area contributed by atoms with Crippen LogP contribution in [0.4, 0.5) is 0 Å². The molecule has 3 rings (SSSR count). The van der Waals surface area contributed by atoms with Crippen LogP contribution in [0.25, 0.3) is 16.4 Å². The van der Waals surface area contributed by atoms with Crippen molar-refractivity contribution in [1.82, 2.24) is 14.2 Å². The molecule has 7 heteroatoms. The van der Waals surface area contributed by atoms with E-state index in [0.717, 1.165) is 15.6 Å². The van der Waals surface area contributed by atoms with E-state index in [1.54, 1.807) is 10.5 Å². The van der Waals surface area contributed by atoms with Crippen molar-refractivity contribution in [3.63, 3.8) is 0 Å². The molecule has 0 bridgehead atoms. The molecule has 0 radical (unpaired) electrons. The van der Waals surface area contributed by atoms with Crippen molar-refractivity contribution in [2.24, 2.45) is 0 Å². The number of ether oxygens (including phenoxy) is 1. The fourth-order valence-electron chi connectivity index (χ4n) is 2.18. The summed E-state index contributed by atoms with van der Waals surface area (Å²) in [7, 11) is 1.35. The Morgan fingerprint density at radius 1 is 1.40 bits per heavy atom. The van der Waals surface area contributed by atoms with Gasteiger partial charge in [0.15, 0.2) is 6.29 Å². The third-order valence-corrected chi connectivity index (χ3v) is 3.40. The van der Waals surface area contributed by atoms with Crippen molar-refractivity contribution in [1.29, 1.82) is 0 Å². The number of aliphatic hydroxyl groups is 1. The van der Waals surface area contributed by atoms with Crippen LogP contribution in [-0.4, -0.2) is 32.7 Å². The monoisotopic (exact) mass is 293 g/mol.